The Hall–Kier alpha value is -5.42. The van der Waals surface area contributed by atoms with Crippen molar-refractivity contribution in [3.63, 3.8) is 0 Å². The summed E-state index contributed by atoms with van der Waals surface area (Å²) in [7, 11) is 0. The fourth-order valence-electron chi connectivity index (χ4n) is 9.38. The number of carbonyl (C=O) groups excluding carboxylic acids is 2. The molecule has 2 amide bonds. The molecule has 2 N–H and O–H groups in total. The van der Waals surface area contributed by atoms with Crippen LogP contribution in [-0.4, -0.2) is 74.7 Å². The molecule has 11 rings (SSSR count). The predicted octanol–water partition coefficient (Wildman–Crippen LogP) is 14.1. The maximum absolute atomic E-state index is 12.6. The van der Waals surface area contributed by atoms with Gasteiger partial charge in [0.05, 0.1) is 29.5 Å². The molecule has 17 heteroatoms. The summed E-state index contributed by atoms with van der Waals surface area (Å²) in [5, 5.41) is 12.0. The minimum absolute atomic E-state index is 0. The first-order valence-corrected chi connectivity index (χ1v) is 25.6. The fraction of sp³-hybridized carbons (Fsp3) is 0.456. The third-order valence-electron chi connectivity index (χ3n) is 13.8. The number of oxazole rings is 2. The Kier molecular flexibility index (Phi) is 19.9. The van der Waals surface area contributed by atoms with E-state index in [-0.39, 0.29) is 62.5 Å². The van der Waals surface area contributed by atoms with Crippen LogP contribution in [-0.2, 0) is 42.3 Å². The third kappa shape index (κ3) is 14.3. The number of nitrogens with zero attached hydrogens (tertiary/aromatic N) is 6. The quantitative estimate of drug-likeness (QED) is 0.120. The molecule has 3 aliphatic carbocycles. The van der Waals surface area contributed by atoms with Gasteiger partial charge >= 0.3 is 6.18 Å². The smallest absolute Gasteiger partial charge is 0.401 e. The van der Waals surface area contributed by atoms with Gasteiger partial charge in [-0.1, -0.05) is 81.3 Å². The number of alkyl halides is 3. The third-order valence-corrected chi connectivity index (χ3v) is 13.8. The first kappa shape index (κ1) is 57.9. The van der Waals surface area contributed by atoms with Gasteiger partial charge in [0.25, 0.3) is 0 Å². The molecule has 4 atom stereocenters. The van der Waals surface area contributed by atoms with Gasteiger partial charge in [-0.25, -0.2) is 9.97 Å². The number of halogens is 3. The Labute approximate surface area is 458 Å². The normalized spacial score (nSPS) is 19.1. The molecule has 2 saturated heterocycles. The molecular weight excluding hydrogens is 1020 g/mol. The number of hydrogen-bond donors (Lipinski definition) is 2. The molecule has 13 nitrogen and oxygen atoms in total. The fourth-order valence-corrected chi connectivity index (χ4v) is 9.38. The maximum atomic E-state index is 12.6. The minimum Gasteiger partial charge on any atom is -0.619 e. The van der Waals surface area contributed by atoms with Crippen molar-refractivity contribution < 1.29 is 68.8 Å². The SMILES string of the molecule is CC.CC.Cc1ccc(NC(=O)CC2CCC2)cc1-c1onc(C)c1C.Cc1coc(-c2cc(NC(=O)C3C=C4CC43)ccc2C)n1.Cc1coc(-c2cc([N-]N3C4CC3CN(CC(F)(F)F)C4)ccc2C)n1.[Y]. The van der Waals surface area contributed by atoms with Crippen molar-refractivity contribution in [3.05, 3.63) is 124 Å². The number of aromatic nitrogens is 3. The van der Waals surface area contributed by atoms with Gasteiger partial charge in [0.2, 0.25) is 23.6 Å². The summed E-state index contributed by atoms with van der Waals surface area (Å²) in [6.07, 6.45) is 7.43. The summed E-state index contributed by atoms with van der Waals surface area (Å²) in [6, 6.07) is 17.6. The standard InChI is InChI=1S/C18H20F3N4O.C18H22N2O2.C17H16N2O2.2C2H6.Y/c1-11-3-4-13(5-16(11)17-22-12(2)9-26-17)23-25-14-6-15(25)8-24(7-14)10-18(19,20)21;1-11-7-8-15(19-17(21)9-14-5-4-6-14)10-16(11)18-12(2)13(3)20-22-18;1-9-3-4-12(7-13(9)17-18-10(2)8-21-17)19-16(20)15-6-11-5-14(11)15;2*1-2;/h3-5,9,14-15H,6-8,10H2,1-2H3;7-8,10,14H,4-6,9H2,1-3H3,(H,19,21);3-4,6-8,14-15H,5H2,1-2H3,(H,19,20);2*1-2H3;/q-1;;;;;. The Balaban J connectivity index is 0.000000175. The zero-order valence-electron chi connectivity index (χ0n) is 44.6. The summed E-state index contributed by atoms with van der Waals surface area (Å²) in [5.41, 5.74) is 18.1. The second-order valence-electron chi connectivity index (χ2n) is 19.3. The van der Waals surface area contributed by atoms with E-state index in [1.807, 2.05) is 136 Å². The molecule has 3 aromatic heterocycles. The molecule has 2 aliphatic heterocycles. The van der Waals surface area contributed by atoms with Crippen LogP contribution in [0.3, 0.4) is 0 Å². The molecule has 4 unspecified atom stereocenters. The van der Waals surface area contributed by atoms with Gasteiger partial charge in [-0.2, -0.15) is 13.2 Å². The number of rotatable bonds is 11. The van der Waals surface area contributed by atoms with Crippen LogP contribution in [0.5, 0.6) is 0 Å². The van der Waals surface area contributed by atoms with Crippen molar-refractivity contribution in [1.29, 1.82) is 0 Å². The van der Waals surface area contributed by atoms with E-state index in [4.69, 9.17) is 13.4 Å². The van der Waals surface area contributed by atoms with Crippen LogP contribution in [0.4, 0.5) is 30.2 Å². The van der Waals surface area contributed by atoms with Gasteiger partial charge in [0, 0.05) is 97.9 Å². The summed E-state index contributed by atoms with van der Waals surface area (Å²) in [4.78, 5) is 34.4. The van der Waals surface area contributed by atoms with Crippen molar-refractivity contribution in [3.8, 4) is 34.2 Å². The van der Waals surface area contributed by atoms with Crippen molar-refractivity contribution in [2.75, 3.05) is 30.3 Å². The summed E-state index contributed by atoms with van der Waals surface area (Å²) >= 11 is 0. The van der Waals surface area contributed by atoms with Crippen LogP contribution in [0.2, 0.25) is 0 Å². The molecule has 3 aromatic carbocycles. The van der Waals surface area contributed by atoms with Crippen molar-refractivity contribution >= 4 is 28.9 Å². The van der Waals surface area contributed by atoms with Gasteiger partial charge in [-0.15, -0.1) is 5.69 Å². The topological polar surface area (TPSA) is 157 Å². The molecule has 2 bridgehead atoms. The summed E-state index contributed by atoms with van der Waals surface area (Å²) in [5.74, 6) is 3.27. The largest absolute Gasteiger partial charge is 0.619 e. The number of hydrogen-bond acceptors (Lipinski definition) is 10. The Morgan fingerprint density at radius 2 is 1.31 bits per heavy atom. The Bertz CT molecular complexity index is 2890. The number of amides is 2. The van der Waals surface area contributed by atoms with Gasteiger partial charge in [0.1, 0.15) is 12.5 Å². The van der Waals surface area contributed by atoms with Gasteiger partial charge in [0.15, 0.2) is 5.76 Å². The van der Waals surface area contributed by atoms with E-state index in [2.05, 4.69) is 37.3 Å². The number of carbonyl (C=O) groups is 2. The van der Waals surface area contributed by atoms with E-state index >= 15 is 0 Å². The zero-order chi connectivity index (χ0) is 52.7. The first-order chi connectivity index (χ1) is 34.9. The molecule has 6 aromatic rings. The monoisotopic (exact) mass is 1090 g/mol. The second-order valence-corrected chi connectivity index (χ2v) is 19.3. The van der Waals surface area contributed by atoms with Gasteiger partial charge < -0.3 is 34.4 Å². The number of aryl methyl sites for hydroxylation is 6. The number of piperidine rings is 1. The number of anilines is 2. The average molecular weight is 1090 g/mol. The van der Waals surface area contributed by atoms with Crippen molar-refractivity contribution in [2.45, 2.75) is 133 Å². The molecule has 2 saturated carbocycles. The number of benzene rings is 3. The van der Waals surface area contributed by atoms with E-state index in [9.17, 15) is 22.8 Å². The number of nitrogens with one attached hydrogen (secondary N) is 2. The Morgan fingerprint density at radius 3 is 1.80 bits per heavy atom. The predicted molar refractivity (Wildman–Crippen MR) is 280 cm³/mol. The van der Waals surface area contributed by atoms with Crippen molar-refractivity contribution in [2.24, 2.45) is 17.8 Å². The first-order valence-electron chi connectivity index (χ1n) is 25.6. The number of allylic oxidation sites excluding steroid dienone is 1. The maximum Gasteiger partial charge on any atom is 0.401 e. The van der Waals surface area contributed by atoms with E-state index in [0.717, 1.165) is 91.7 Å². The number of piperazine rings is 1. The molecule has 4 fully saturated rings. The minimum atomic E-state index is -4.15. The van der Waals surface area contributed by atoms with E-state index in [1.54, 1.807) is 12.5 Å². The van der Waals surface area contributed by atoms with Gasteiger partial charge in [-0.3, -0.25) is 14.5 Å². The van der Waals surface area contributed by atoms with Crippen LogP contribution < -0.4 is 10.6 Å². The van der Waals surface area contributed by atoms with Crippen molar-refractivity contribution in [1.82, 2.24) is 25.0 Å². The number of likely N-dealkylation sites (tertiary alicyclic amines) is 1. The molecule has 5 heterocycles. The van der Waals surface area contributed by atoms with E-state index in [0.29, 0.717) is 43.1 Å². The van der Waals surface area contributed by atoms with Crippen LogP contribution in [0.15, 0.2) is 92.1 Å². The zero-order valence-corrected chi connectivity index (χ0v) is 47.5. The van der Waals surface area contributed by atoms with E-state index in [1.165, 1.54) is 29.7 Å². The van der Waals surface area contributed by atoms with E-state index < -0.39 is 12.7 Å². The molecule has 393 valence electrons. The molecule has 1 radical (unpaired) electrons. The molecule has 74 heavy (non-hydrogen) atoms. The van der Waals surface area contributed by atoms with Crippen LogP contribution in [0.25, 0.3) is 39.7 Å². The molecule has 0 spiro atoms. The molecular formula is C57H70F3N8O5Y-. The van der Waals surface area contributed by atoms with Crippen LogP contribution in [0, 0.1) is 66.2 Å². The van der Waals surface area contributed by atoms with Crippen LogP contribution in [0.1, 0.15) is 106 Å². The molecule has 5 aliphatic rings. The summed E-state index contributed by atoms with van der Waals surface area (Å²) in [6.45, 7) is 21.7. The van der Waals surface area contributed by atoms with Crippen LogP contribution >= 0.6 is 0 Å². The average Bonchev–Trinajstić information content (AvgIpc) is 3.69. The Morgan fingerprint density at radius 1 is 0.757 bits per heavy atom. The number of fused-ring (bicyclic) bond motifs is 3. The summed E-state index contributed by atoms with van der Waals surface area (Å²) < 4.78 is 54.1. The second kappa shape index (κ2) is 25.4. The van der Waals surface area contributed by atoms with Gasteiger partial charge in [-0.05, 0) is 127 Å².